The van der Waals surface area contributed by atoms with E-state index in [4.69, 9.17) is 16.6 Å². The molecule has 1 saturated carbocycles. The summed E-state index contributed by atoms with van der Waals surface area (Å²) in [6.45, 7) is 2.01. The molecule has 2 N–H and O–H groups in total. The Bertz CT molecular complexity index is 948. The van der Waals surface area contributed by atoms with Gasteiger partial charge in [-0.25, -0.2) is 4.98 Å². The Morgan fingerprint density at radius 1 is 1.23 bits per heavy atom. The Balaban J connectivity index is 1.37. The second kappa shape index (κ2) is 8.13. The number of aromatic nitrogens is 1. The molecule has 5 nitrogen and oxygen atoms in total. The summed E-state index contributed by atoms with van der Waals surface area (Å²) in [5.41, 5.74) is 2.97. The maximum absolute atomic E-state index is 12.6. The van der Waals surface area contributed by atoms with Gasteiger partial charge < -0.3 is 15.3 Å². The van der Waals surface area contributed by atoms with Gasteiger partial charge in [-0.05, 0) is 55.7 Å². The fourth-order valence-corrected chi connectivity index (χ4v) is 6.40. The number of hydrogen-bond acceptors (Lipinski definition) is 5. The van der Waals surface area contributed by atoms with E-state index in [0.717, 1.165) is 78.7 Å². The first-order valence-electron chi connectivity index (χ1n) is 10.9. The number of pyridine rings is 1. The summed E-state index contributed by atoms with van der Waals surface area (Å²) in [6, 6.07) is 10.3. The van der Waals surface area contributed by atoms with Crippen LogP contribution in [-0.4, -0.2) is 45.3 Å². The number of rotatable bonds is 5. The Morgan fingerprint density at radius 2 is 1.97 bits per heavy atom. The van der Waals surface area contributed by atoms with E-state index in [9.17, 15) is 9.32 Å². The first-order valence-corrected chi connectivity index (χ1v) is 12.6. The SMILES string of the molecule is O=[S@@]1CCc2nc(N3CCC(c4ccc(Cl)cc4)CC3)cc(NC3(CO)CCC3)c21. The molecule has 0 spiro atoms. The van der Waals surface area contributed by atoms with Gasteiger partial charge in [0.05, 0.1) is 39.2 Å². The monoisotopic (exact) mass is 445 g/mol. The van der Waals surface area contributed by atoms with Gasteiger partial charge in [0.25, 0.3) is 0 Å². The van der Waals surface area contributed by atoms with E-state index in [0.29, 0.717) is 11.7 Å². The van der Waals surface area contributed by atoms with Crippen molar-refractivity contribution in [2.75, 3.05) is 35.7 Å². The fraction of sp³-hybridized carbons (Fsp3) is 0.522. The smallest absolute Gasteiger partial charge is 0.130 e. The van der Waals surface area contributed by atoms with Gasteiger partial charge in [-0.1, -0.05) is 23.7 Å². The lowest BCUT2D eigenvalue weighted by molar-refractivity contribution is 0.144. The summed E-state index contributed by atoms with van der Waals surface area (Å²) in [7, 11) is -1.01. The number of aliphatic hydroxyl groups excluding tert-OH is 1. The van der Waals surface area contributed by atoms with Crippen molar-refractivity contribution in [3.8, 4) is 0 Å². The largest absolute Gasteiger partial charge is 0.394 e. The topological polar surface area (TPSA) is 65.5 Å². The summed E-state index contributed by atoms with van der Waals surface area (Å²) in [4.78, 5) is 8.12. The molecule has 0 amide bonds. The van der Waals surface area contributed by atoms with Crippen LogP contribution in [0.5, 0.6) is 0 Å². The number of hydrogen-bond donors (Lipinski definition) is 2. The van der Waals surface area contributed by atoms with E-state index >= 15 is 0 Å². The van der Waals surface area contributed by atoms with Crippen molar-refractivity contribution >= 4 is 33.9 Å². The normalized spacial score (nSPS) is 23.1. The quantitative estimate of drug-likeness (QED) is 0.725. The van der Waals surface area contributed by atoms with Crippen LogP contribution in [0.4, 0.5) is 11.5 Å². The maximum atomic E-state index is 12.6. The summed E-state index contributed by atoms with van der Waals surface area (Å²) in [5.74, 6) is 2.16. The minimum Gasteiger partial charge on any atom is -0.394 e. The number of aliphatic hydroxyl groups is 1. The van der Waals surface area contributed by atoms with Crippen LogP contribution in [0.2, 0.25) is 5.02 Å². The predicted molar refractivity (Wildman–Crippen MR) is 122 cm³/mol. The van der Waals surface area contributed by atoms with Gasteiger partial charge in [0.2, 0.25) is 0 Å². The van der Waals surface area contributed by atoms with Crippen molar-refractivity contribution in [3.63, 3.8) is 0 Å². The molecular formula is C23H28ClN3O2S. The zero-order valence-corrected chi connectivity index (χ0v) is 18.6. The highest BCUT2D eigenvalue weighted by Gasteiger charge is 2.38. The Morgan fingerprint density at radius 3 is 2.60 bits per heavy atom. The number of fused-ring (bicyclic) bond motifs is 1. The van der Waals surface area contributed by atoms with Crippen LogP contribution in [0.25, 0.3) is 0 Å². The van der Waals surface area contributed by atoms with Crippen LogP contribution in [-0.2, 0) is 17.2 Å². The van der Waals surface area contributed by atoms with Crippen molar-refractivity contribution in [1.82, 2.24) is 4.98 Å². The fourth-order valence-electron chi connectivity index (χ4n) is 4.93. The van der Waals surface area contributed by atoms with E-state index < -0.39 is 10.8 Å². The summed E-state index contributed by atoms with van der Waals surface area (Å²) in [5, 5.41) is 14.3. The Hall–Kier alpha value is -1.63. The zero-order chi connectivity index (χ0) is 20.7. The average molecular weight is 446 g/mol. The molecule has 160 valence electrons. The van der Waals surface area contributed by atoms with Gasteiger partial charge in [-0.2, -0.15) is 0 Å². The lowest BCUT2D eigenvalue weighted by Gasteiger charge is -2.42. The van der Waals surface area contributed by atoms with Crippen molar-refractivity contribution in [2.24, 2.45) is 0 Å². The Labute approximate surface area is 185 Å². The Kier molecular flexibility index (Phi) is 5.50. The molecule has 1 aromatic heterocycles. The number of nitrogens with zero attached hydrogens (tertiary/aromatic N) is 2. The predicted octanol–water partition coefficient (Wildman–Crippen LogP) is 4.11. The van der Waals surface area contributed by atoms with Crippen LogP contribution in [0, 0.1) is 0 Å². The van der Waals surface area contributed by atoms with Crippen LogP contribution in [0.1, 0.15) is 49.3 Å². The number of benzene rings is 1. The van der Waals surface area contributed by atoms with Crippen LogP contribution in [0.3, 0.4) is 0 Å². The molecule has 0 radical (unpaired) electrons. The first-order chi connectivity index (χ1) is 14.6. The molecule has 2 aliphatic heterocycles. The number of halogens is 1. The second-order valence-corrected chi connectivity index (χ2v) is 10.8. The van der Waals surface area contributed by atoms with E-state index in [-0.39, 0.29) is 12.1 Å². The first kappa shape index (κ1) is 20.3. The van der Waals surface area contributed by atoms with Crippen LogP contribution < -0.4 is 10.2 Å². The molecule has 0 unspecified atom stereocenters. The van der Waals surface area contributed by atoms with E-state index in [1.54, 1.807) is 0 Å². The third-order valence-electron chi connectivity index (χ3n) is 6.96. The highest BCUT2D eigenvalue weighted by molar-refractivity contribution is 7.85. The van der Waals surface area contributed by atoms with Gasteiger partial charge in [0.15, 0.2) is 0 Å². The molecule has 0 bridgehead atoms. The minimum absolute atomic E-state index is 0.110. The summed E-state index contributed by atoms with van der Waals surface area (Å²) < 4.78 is 12.6. The molecule has 1 atom stereocenters. The number of piperidine rings is 1. The highest BCUT2D eigenvalue weighted by Crippen LogP contribution is 2.40. The lowest BCUT2D eigenvalue weighted by Crippen LogP contribution is -2.48. The van der Waals surface area contributed by atoms with Gasteiger partial charge in [-0.15, -0.1) is 0 Å². The van der Waals surface area contributed by atoms with Crippen molar-refractivity contribution in [2.45, 2.75) is 54.9 Å². The molecule has 1 aromatic carbocycles. The summed E-state index contributed by atoms with van der Waals surface area (Å²) in [6.07, 6.45) is 5.95. The molecule has 2 fully saturated rings. The minimum atomic E-state index is -1.01. The van der Waals surface area contributed by atoms with Crippen LogP contribution in [0.15, 0.2) is 35.2 Å². The molecule has 3 heterocycles. The van der Waals surface area contributed by atoms with Gasteiger partial charge in [0.1, 0.15) is 5.82 Å². The molecule has 1 saturated heterocycles. The summed E-state index contributed by atoms with van der Waals surface area (Å²) >= 11 is 6.04. The van der Waals surface area contributed by atoms with Gasteiger partial charge in [-0.3, -0.25) is 4.21 Å². The molecule has 30 heavy (non-hydrogen) atoms. The van der Waals surface area contributed by atoms with Crippen molar-refractivity contribution < 1.29 is 9.32 Å². The second-order valence-electron chi connectivity index (χ2n) is 8.83. The van der Waals surface area contributed by atoms with E-state index in [1.807, 2.05) is 12.1 Å². The highest BCUT2D eigenvalue weighted by atomic mass is 35.5. The third kappa shape index (κ3) is 3.74. The van der Waals surface area contributed by atoms with Gasteiger partial charge in [0, 0.05) is 36.4 Å². The molecule has 2 aromatic rings. The molecule has 1 aliphatic carbocycles. The molecule has 3 aliphatic rings. The van der Waals surface area contributed by atoms with E-state index in [2.05, 4.69) is 28.4 Å². The number of anilines is 2. The van der Waals surface area contributed by atoms with E-state index in [1.165, 1.54) is 5.56 Å². The van der Waals surface area contributed by atoms with Gasteiger partial charge >= 0.3 is 0 Å². The molecular weight excluding hydrogens is 418 g/mol. The van der Waals surface area contributed by atoms with Crippen molar-refractivity contribution in [1.29, 1.82) is 0 Å². The van der Waals surface area contributed by atoms with Crippen LogP contribution >= 0.6 is 11.6 Å². The molecule has 5 rings (SSSR count). The number of aryl methyl sites for hydroxylation is 1. The number of nitrogens with one attached hydrogen (secondary N) is 1. The average Bonchev–Trinajstić information content (AvgIpc) is 3.12. The third-order valence-corrected chi connectivity index (χ3v) is 8.69. The van der Waals surface area contributed by atoms with Crippen molar-refractivity contribution in [3.05, 3.63) is 46.6 Å². The maximum Gasteiger partial charge on any atom is 0.130 e. The zero-order valence-electron chi connectivity index (χ0n) is 17.1. The standard InChI is InChI=1S/C23H28ClN3O2S/c24-18-4-2-16(3-5-18)17-6-11-27(12-7-17)21-14-20(26-23(15-28)9-1-10-23)22-19(25-21)8-13-30(22)29/h2-5,14,17,28H,1,6-13,15H2,(H,25,26)/t30-/m1/s1. The lowest BCUT2D eigenvalue weighted by atomic mass is 9.77. The molecule has 7 heteroatoms.